The topological polar surface area (TPSA) is 9.86 Å². The molecule has 0 atom stereocenters. The zero-order valence-corrected chi connectivity index (χ0v) is 28.2. The summed E-state index contributed by atoms with van der Waals surface area (Å²) in [7, 11) is 0. The standard InChI is InChI=1S/C49H34N2/c1-33-27-28-47-45(29-33)44-25-14-24-43(49(44)50(47)38-19-9-4-10-20-38)42-23-13-22-41-40-21-11-12-26-46(40)51(48(41)42)39-31-36(34-15-5-2-6-16-34)30-37(32-39)35-17-7-3-8-18-35/h2-32H,1H3/i11D. The highest BCUT2D eigenvalue weighted by Gasteiger charge is 2.22. The van der Waals surface area contributed by atoms with Crippen LogP contribution in [0.4, 0.5) is 0 Å². The maximum Gasteiger partial charge on any atom is 0.0623 e. The molecular formula is C49H34N2. The fourth-order valence-electron chi connectivity index (χ4n) is 8.02. The summed E-state index contributed by atoms with van der Waals surface area (Å²) in [6.07, 6.45) is 0. The number of benzene rings is 8. The highest BCUT2D eigenvalue weighted by Crippen LogP contribution is 2.44. The van der Waals surface area contributed by atoms with E-state index >= 15 is 0 Å². The molecule has 0 fully saturated rings. The first-order valence-corrected chi connectivity index (χ1v) is 17.5. The third kappa shape index (κ3) is 4.72. The molecule has 0 aliphatic rings. The third-order valence-electron chi connectivity index (χ3n) is 10.3. The average molecular weight is 652 g/mol. The van der Waals surface area contributed by atoms with Gasteiger partial charge >= 0.3 is 0 Å². The van der Waals surface area contributed by atoms with Crippen LogP contribution >= 0.6 is 0 Å². The van der Waals surface area contributed by atoms with Gasteiger partial charge in [-0.3, -0.25) is 0 Å². The van der Waals surface area contributed by atoms with Crippen LogP contribution < -0.4 is 0 Å². The summed E-state index contributed by atoms with van der Waals surface area (Å²) in [4.78, 5) is 0. The zero-order chi connectivity index (χ0) is 34.8. The van der Waals surface area contributed by atoms with Gasteiger partial charge in [-0.2, -0.15) is 0 Å². The van der Waals surface area contributed by atoms with Crippen LogP contribution in [0.5, 0.6) is 0 Å². The van der Waals surface area contributed by atoms with E-state index in [9.17, 15) is 0 Å². The molecule has 0 spiro atoms. The molecule has 0 saturated heterocycles. The molecule has 0 N–H and O–H groups in total. The van der Waals surface area contributed by atoms with E-state index in [0.29, 0.717) is 6.04 Å². The lowest BCUT2D eigenvalue weighted by Gasteiger charge is -2.17. The summed E-state index contributed by atoms with van der Waals surface area (Å²) < 4.78 is 13.5. The van der Waals surface area contributed by atoms with Crippen LogP contribution in [0, 0.1) is 6.92 Å². The molecule has 0 aliphatic heterocycles. The minimum Gasteiger partial charge on any atom is -0.309 e. The Balaban J connectivity index is 1.35. The van der Waals surface area contributed by atoms with Crippen LogP contribution in [0.2, 0.25) is 0 Å². The first kappa shape index (κ1) is 28.2. The summed E-state index contributed by atoms with van der Waals surface area (Å²) in [6.45, 7) is 2.17. The highest BCUT2D eigenvalue weighted by atomic mass is 15.0. The molecule has 240 valence electrons. The number of rotatable bonds is 5. The Morgan fingerprint density at radius 3 is 1.55 bits per heavy atom. The van der Waals surface area contributed by atoms with Gasteiger partial charge in [0.15, 0.2) is 0 Å². The van der Waals surface area contributed by atoms with E-state index in [2.05, 4.69) is 186 Å². The van der Waals surface area contributed by atoms with Crippen LogP contribution in [0.3, 0.4) is 0 Å². The lowest BCUT2D eigenvalue weighted by atomic mass is 9.97. The molecule has 0 saturated carbocycles. The monoisotopic (exact) mass is 651 g/mol. The molecule has 0 aliphatic carbocycles. The minimum atomic E-state index is 0.502. The van der Waals surface area contributed by atoms with Crippen molar-refractivity contribution >= 4 is 43.6 Å². The summed E-state index contributed by atoms with van der Waals surface area (Å²) in [6, 6.07) is 65.6. The van der Waals surface area contributed by atoms with Gasteiger partial charge in [-0.25, -0.2) is 0 Å². The molecule has 2 heterocycles. The van der Waals surface area contributed by atoms with Crippen LogP contribution in [0.1, 0.15) is 6.93 Å². The fraction of sp³-hybridized carbons (Fsp3) is 0.0204. The molecule has 51 heavy (non-hydrogen) atoms. The number of hydrogen-bond donors (Lipinski definition) is 0. The van der Waals surface area contributed by atoms with Crippen molar-refractivity contribution < 1.29 is 1.37 Å². The number of aryl methyl sites for hydroxylation is 1. The molecule has 8 aromatic carbocycles. The van der Waals surface area contributed by atoms with Crippen molar-refractivity contribution in [3.8, 4) is 44.8 Å². The van der Waals surface area contributed by atoms with E-state index in [4.69, 9.17) is 1.37 Å². The van der Waals surface area contributed by atoms with Gasteiger partial charge in [0.05, 0.1) is 23.4 Å². The van der Waals surface area contributed by atoms with Gasteiger partial charge in [0.2, 0.25) is 0 Å². The van der Waals surface area contributed by atoms with Crippen molar-refractivity contribution in [3.63, 3.8) is 0 Å². The van der Waals surface area contributed by atoms with E-state index in [1.807, 2.05) is 12.1 Å². The fourth-order valence-corrected chi connectivity index (χ4v) is 8.02. The molecule has 0 bridgehead atoms. The van der Waals surface area contributed by atoms with Gasteiger partial charge in [0, 0.05) is 44.0 Å². The van der Waals surface area contributed by atoms with E-state index < -0.39 is 0 Å². The zero-order valence-electron chi connectivity index (χ0n) is 29.2. The van der Waals surface area contributed by atoms with Crippen LogP contribution in [0.15, 0.2) is 188 Å². The molecule has 10 rings (SSSR count). The largest absolute Gasteiger partial charge is 0.309 e. The van der Waals surface area contributed by atoms with Crippen molar-refractivity contribution in [2.45, 2.75) is 6.92 Å². The molecule has 0 radical (unpaired) electrons. The Labute approximate surface area is 298 Å². The van der Waals surface area contributed by atoms with Gasteiger partial charge < -0.3 is 9.13 Å². The second-order valence-corrected chi connectivity index (χ2v) is 13.4. The number of para-hydroxylation sites is 4. The van der Waals surface area contributed by atoms with Crippen molar-refractivity contribution in [2.24, 2.45) is 0 Å². The van der Waals surface area contributed by atoms with Crippen molar-refractivity contribution in [3.05, 3.63) is 194 Å². The first-order chi connectivity index (χ1) is 25.6. The van der Waals surface area contributed by atoms with Crippen LogP contribution in [-0.4, -0.2) is 9.13 Å². The predicted octanol–water partition coefficient (Wildman–Crippen LogP) is 13.2. The average Bonchev–Trinajstić information content (AvgIpc) is 3.71. The van der Waals surface area contributed by atoms with Gasteiger partial charge in [-0.15, -0.1) is 0 Å². The van der Waals surface area contributed by atoms with Gasteiger partial charge in [-0.05, 0) is 77.7 Å². The van der Waals surface area contributed by atoms with E-state index in [-0.39, 0.29) is 0 Å². The van der Waals surface area contributed by atoms with E-state index in [0.717, 1.165) is 49.9 Å². The smallest absolute Gasteiger partial charge is 0.0623 e. The highest BCUT2D eigenvalue weighted by molar-refractivity contribution is 6.19. The lowest BCUT2D eigenvalue weighted by Crippen LogP contribution is -1.99. The Morgan fingerprint density at radius 1 is 0.373 bits per heavy atom. The second kappa shape index (κ2) is 11.8. The number of nitrogens with zero attached hydrogens (tertiary/aromatic N) is 2. The maximum atomic E-state index is 8.67. The molecular weight excluding hydrogens is 617 g/mol. The predicted molar refractivity (Wildman–Crippen MR) is 216 cm³/mol. The molecule has 2 nitrogen and oxygen atoms in total. The number of fused-ring (bicyclic) bond motifs is 6. The maximum absolute atomic E-state index is 8.67. The van der Waals surface area contributed by atoms with Crippen molar-refractivity contribution in [1.82, 2.24) is 9.13 Å². The Morgan fingerprint density at radius 2 is 0.922 bits per heavy atom. The first-order valence-electron chi connectivity index (χ1n) is 18.0. The SMILES string of the molecule is [2H]c1ccc2c(c1)c1cccc(-c3cccc4c5cc(C)ccc5n(-c5ccccc5)c34)c1n2-c1cc(-c2ccccc2)cc(-c2ccccc2)c1. The quantitative estimate of drug-likeness (QED) is 0.175. The molecule has 2 aromatic heterocycles. The Kier molecular flexibility index (Phi) is 6.50. The normalized spacial score (nSPS) is 11.9. The minimum absolute atomic E-state index is 0.502. The summed E-state index contributed by atoms with van der Waals surface area (Å²) in [5.41, 5.74) is 15.0. The molecule has 0 unspecified atom stereocenters. The van der Waals surface area contributed by atoms with Gasteiger partial charge in [0.25, 0.3) is 0 Å². The Hall–Kier alpha value is -6.64. The Bertz CT molecular complexity index is 2900. The number of aromatic nitrogens is 2. The van der Waals surface area contributed by atoms with Crippen molar-refractivity contribution in [2.75, 3.05) is 0 Å². The van der Waals surface area contributed by atoms with Gasteiger partial charge in [-0.1, -0.05) is 145 Å². The van der Waals surface area contributed by atoms with Crippen LogP contribution in [0.25, 0.3) is 88.4 Å². The third-order valence-corrected chi connectivity index (χ3v) is 10.3. The summed E-state index contributed by atoms with van der Waals surface area (Å²) >= 11 is 0. The van der Waals surface area contributed by atoms with E-state index in [1.54, 1.807) is 0 Å². The lowest BCUT2D eigenvalue weighted by molar-refractivity contribution is 1.17. The molecule has 2 heteroatoms. The van der Waals surface area contributed by atoms with Crippen LogP contribution in [-0.2, 0) is 0 Å². The second-order valence-electron chi connectivity index (χ2n) is 13.4. The van der Waals surface area contributed by atoms with Crippen molar-refractivity contribution in [1.29, 1.82) is 0 Å². The molecule has 10 aromatic rings. The van der Waals surface area contributed by atoms with E-state index in [1.165, 1.54) is 44.1 Å². The van der Waals surface area contributed by atoms with Gasteiger partial charge in [0.1, 0.15) is 0 Å². The number of hydrogen-bond acceptors (Lipinski definition) is 0. The summed E-state index contributed by atoms with van der Waals surface area (Å²) in [5.74, 6) is 0. The summed E-state index contributed by atoms with van der Waals surface area (Å²) in [5, 5.41) is 4.67. The molecule has 0 amide bonds.